The van der Waals surface area contributed by atoms with E-state index in [0.717, 1.165) is 16.9 Å². The Morgan fingerprint density at radius 3 is 1.59 bits per heavy atom. The molecule has 27 heavy (non-hydrogen) atoms. The molecule has 6 heteroatoms. The van der Waals surface area contributed by atoms with Crippen LogP contribution in [0.25, 0.3) is 0 Å². The Hall–Kier alpha value is -1.35. The largest absolute Gasteiger partial charge is 0.491 e. The van der Waals surface area contributed by atoms with E-state index in [1.807, 2.05) is 48.5 Å². The van der Waals surface area contributed by atoms with E-state index >= 15 is 0 Å². The van der Waals surface area contributed by atoms with E-state index in [4.69, 9.17) is 14.6 Å². The summed E-state index contributed by atoms with van der Waals surface area (Å²) in [4.78, 5) is 0. The fraction of sp³-hybridized carbons (Fsp3) is 0.429. The molecule has 0 aliphatic heterocycles. The van der Waals surface area contributed by atoms with E-state index in [1.165, 1.54) is 0 Å². The molecule has 0 amide bonds. The van der Waals surface area contributed by atoms with E-state index in [9.17, 15) is 10.2 Å². The number of benzene rings is 2. The zero-order valence-corrected chi connectivity index (χ0v) is 17.8. The van der Waals surface area contributed by atoms with Crippen LogP contribution in [0, 0.1) is 0 Å². The molecule has 0 bridgehead atoms. The minimum absolute atomic E-state index is 0.0625. The highest BCUT2D eigenvalue weighted by Gasteiger charge is 2.23. The number of hydrogen-bond acceptors (Lipinski definition) is 5. The molecule has 0 heterocycles. The summed E-state index contributed by atoms with van der Waals surface area (Å²) in [5.41, 5.74) is 2.07. The average Bonchev–Trinajstić information content (AvgIpc) is 2.70. The minimum Gasteiger partial charge on any atom is -0.491 e. The van der Waals surface area contributed by atoms with Gasteiger partial charge in [-0.05, 0) is 35.4 Å². The van der Waals surface area contributed by atoms with Gasteiger partial charge in [0.2, 0.25) is 0 Å². The second-order valence-corrected chi connectivity index (χ2v) is 7.82. The third kappa shape index (κ3) is 6.34. The monoisotopic (exact) mass is 486 g/mol. The molecule has 0 aromatic heterocycles. The third-order valence-electron chi connectivity index (χ3n) is 4.43. The summed E-state index contributed by atoms with van der Waals surface area (Å²) in [6.07, 6.45) is -1.33. The Kier molecular flexibility index (Phi) is 8.34. The Balaban J connectivity index is 2.04. The molecule has 2 rings (SSSR count). The van der Waals surface area contributed by atoms with Gasteiger partial charge in [0.05, 0.1) is 12.7 Å². The van der Waals surface area contributed by atoms with Gasteiger partial charge in [0.1, 0.15) is 30.8 Å². The van der Waals surface area contributed by atoms with Gasteiger partial charge in [-0.25, -0.2) is 0 Å². The highest BCUT2D eigenvalue weighted by atomic mass is 127. The van der Waals surface area contributed by atoms with Crippen molar-refractivity contribution in [3.63, 3.8) is 0 Å². The summed E-state index contributed by atoms with van der Waals surface area (Å²) in [6.45, 7) is 4.33. The zero-order chi connectivity index (χ0) is 19.9. The van der Waals surface area contributed by atoms with E-state index in [0.29, 0.717) is 10.2 Å². The third-order valence-corrected chi connectivity index (χ3v) is 5.44. The second kappa shape index (κ2) is 10.3. The summed E-state index contributed by atoms with van der Waals surface area (Å²) < 4.78 is 11.7. The molecule has 0 aliphatic carbocycles. The van der Waals surface area contributed by atoms with E-state index in [2.05, 4.69) is 36.4 Å². The SMILES string of the molecule is CC(C)(c1ccc(OCC(O)CO)cc1)c1ccc(OCC(O)CI)cc1. The lowest BCUT2D eigenvalue weighted by Gasteiger charge is -2.26. The number of alkyl halides is 1. The zero-order valence-electron chi connectivity index (χ0n) is 15.6. The normalized spacial score (nSPS) is 13.9. The van der Waals surface area contributed by atoms with Gasteiger partial charge < -0.3 is 24.8 Å². The molecule has 2 atom stereocenters. The van der Waals surface area contributed by atoms with Gasteiger partial charge in [-0.3, -0.25) is 0 Å². The predicted molar refractivity (Wildman–Crippen MR) is 114 cm³/mol. The van der Waals surface area contributed by atoms with Gasteiger partial charge in [-0.15, -0.1) is 0 Å². The molecule has 0 aliphatic rings. The highest BCUT2D eigenvalue weighted by Crippen LogP contribution is 2.33. The maximum absolute atomic E-state index is 9.59. The molecule has 2 aromatic rings. The molecule has 0 fully saturated rings. The minimum atomic E-state index is -0.875. The average molecular weight is 486 g/mol. The maximum atomic E-state index is 9.59. The van der Waals surface area contributed by atoms with Crippen molar-refractivity contribution in [3.8, 4) is 11.5 Å². The fourth-order valence-corrected chi connectivity index (χ4v) is 2.84. The topological polar surface area (TPSA) is 79.2 Å². The van der Waals surface area contributed by atoms with Crippen LogP contribution in [0.15, 0.2) is 48.5 Å². The van der Waals surface area contributed by atoms with Crippen LogP contribution in [0.4, 0.5) is 0 Å². The molecular formula is C21H27IO5. The van der Waals surface area contributed by atoms with Gasteiger partial charge >= 0.3 is 0 Å². The molecule has 148 valence electrons. The standard InChI is InChI=1S/C21H27IO5/c1-21(2,15-3-7-19(8-4-15)26-13-17(24)11-22)16-5-9-20(10-6-16)27-14-18(25)12-23/h3-10,17-18,23-25H,11-14H2,1-2H3. The van der Waals surface area contributed by atoms with Crippen LogP contribution in [0.1, 0.15) is 25.0 Å². The summed E-state index contributed by atoms with van der Waals surface area (Å²) in [5, 5.41) is 27.8. The number of aliphatic hydroxyl groups is 3. The predicted octanol–water partition coefficient (Wildman–Crippen LogP) is 2.92. The van der Waals surface area contributed by atoms with Crippen molar-refractivity contribution in [1.82, 2.24) is 0 Å². The maximum Gasteiger partial charge on any atom is 0.119 e. The molecular weight excluding hydrogens is 459 g/mol. The molecule has 3 N–H and O–H groups in total. The van der Waals surface area contributed by atoms with Gasteiger partial charge in [-0.1, -0.05) is 60.7 Å². The Bertz CT molecular complexity index is 625. The first kappa shape index (κ1) is 21.9. The number of rotatable bonds is 10. The van der Waals surface area contributed by atoms with Crippen molar-refractivity contribution in [2.45, 2.75) is 31.5 Å². The van der Waals surface area contributed by atoms with Crippen molar-refractivity contribution in [3.05, 3.63) is 59.7 Å². The smallest absolute Gasteiger partial charge is 0.119 e. The lowest BCUT2D eigenvalue weighted by Crippen LogP contribution is -2.21. The number of halogens is 1. The van der Waals surface area contributed by atoms with Gasteiger partial charge in [0.15, 0.2) is 0 Å². The van der Waals surface area contributed by atoms with Crippen LogP contribution >= 0.6 is 22.6 Å². The molecule has 0 radical (unpaired) electrons. The van der Waals surface area contributed by atoms with Crippen molar-refractivity contribution in [1.29, 1.82) is 0 Å². The van der Waals surface area contributed by atoms with Crippen LogP contribution in [0.2, 0.25) is 0 Å². The van der Waals surface area contributed by atoms with E-state index in [-0.39, 0.29) is 25.2 Å². The summed E-state index contributed by atoms with van der Waals surface area (Å²) in [5.74, 6) is 1.39. The summed E-state index contributed by atoms with van der Waals surface area (Å²) in [7, 11) is 0. The Morgan fingerprint density at radius 2 is 1.22 bits per heavy atom. The molecule has 2 aromatic carbocycles. The molecule has 0 saturated heterocycles. The molecule has 5 nitrogen and oxygen atoms in total. The van der Waals surface area contributed by atoms with Crippen LogP contribution in [-0.2, 0) is 5.41 Å². The summed E-state index contributed by atoms with van der Waals surface area (Å²) >= 11 is 2.13. The van der Waals surface area contributed by atoms with Crippen molar-refractivity contribution in [2.24, 2.45) is 0 Å². The quantitative estimate of drug-likeness (QED) is 0.356. The van der Waals surface area contributed by atoms with Crippen LogP contribution in [0.3, 0.4) is 0 Å². The fourth-order valence-electron chi connectivity index (χ4n) is 2.58. The first-order chi connectivity index (χ1) is 12.9. The Morgan fingerprint density at radius 1 is 0.815 bits per heavy atom. The molecule has 0 spiro atoms. The lowest BCUT2D eigenvalue weighted by atomic mass is 9.78. The van der Waals surface area contributed by atoms with Gasteiger partial charge in [0.25, 0.3) is 0 Å². The lowest BCUT2D eigenvalue weighted by molar-refractivity contribution is 0.0536. The Labute approximate surface area is 174 Å². The molecule has 0 saturated carbocycles. The number of ether oxygens (including phenoxy) is 2. The number of aliphatic hydroxyl groups excluding tert-OH is 3. The summed E-state index contributed by atoms with van der Waals surface area (Å²) in [6, 6.07) is 15.6. The highest BCUT2D eigenvalue weighted by molar-refractivity contribution is 14.1. The van der Waals surface area contributed by atoms with Crippen molar-refractivity contribution < 1.29 is 24.8 Å². The second-order valence-electron chi connectivity index (χ2n) is 6.94. The van der Waals surface area contributed by atoms with Crippen LogP contribution in [0.5, 0.6) is 11.5 Å². The number of hydrogen-bond donors (Lipinski definition) is 3. The van der Waals surface area contributed by atoms with Gasteiger partial charge in [-0.2, -0.15) is 0 Å². The van der Waals surface area contributed by atoms with E-state index in [1.54, 1.807) is 0 Å². The van der Waals surface area contributed by atoms with Crippen LogP contribution < -0.4 is 9.47 Å². The van der Waals surface area contributed by atoms with Crippen molar-refractivity contribution in [2.75, 3.05) is 24.2 Å². The van der Waals surface area contributed by atoms with Gasteiger partial charge in [0, 0.05) is 9.84 Å². The first-order valence-corrected chi connectivity index (χ1v) is 10.4. The van der Waals surface area contributed by atoms with Crippen molar-refractivity contribution >= 4 is 22.6 Å². The molecule has 2 unspecified atom stereocenters. The van der Waals surface area contributed by atoms with E-state index < -0.39 is 12.2 Å². The van der Waals surface area contributed by atoms with Crippen LogP contribution in [-0.4, -0.2) is 51.8 Å². The first-order valence-electron chi connectivity index (χ1n) is 8.86.